The molecule has 0 radical (unpaired) electrons. The Hall–Kier alpha value is -1.51. The molecule has 0 bridgehead atoms. The van der Waals surface area contributed by atoms with E-state index in [1.807, 2.05) is 6.92 Å². The van der Waals surface area contributed by atoms with Crippen LogP contribution in [-0.2, 0) is 9.53 Å². The van der Waals surface area contributed by atoms with Crippen LogP contribution in [0, 0.1) is 5.92 Å². The van der Waals surface area contributed by atoms with Crippen molar-refractivity contribution in [1.29, 1.82) is 0 Å². The third-order valence-corrected chi connectivity index (χ3v) is 4.76. The Morgan fingerprint density at radius 3 is 2.50 bits per heavy atom. The molecular weight excluding hydrogens is 276 g/mol. The van der Waals surface area contributed by atoms with Crippen LogP contribution in [0.5, 0.6) is 5.75 Å². The number of carbonyl (C=O) groups is 1. The predicted molar refractivity (Wildman–Crippen MR) is 86.0 cm³/mol. The fourth-order valence-corrected chi connectivity index (χ4v) is 3.18. The summed E-state index contributed by atoms with van der Waals surface area (Å²) in [5.74, 6) is 1.98. The zero-order chi connectivity index (χ0) is 15.4. The summed E-state index contributed by atoms with van der Waals surface area (Å²) in [7, 11) is 0. The summed E-state index contributed by atoms with van der Waals surface area (Å²) in [5.41, 5.74) is 1.27. The first-order valence-electron chi connectivity index (χ1n) is 8.68. The minimum absolute atomic E-state index is 0.0411. The van der Waals surface area contributed by atoms with Crippen molar-refractivity contribution in [2.24, 2.45) is 5.92 Å². The summed E-state index contributed by atoms with van der Waals surface area (Å²) in [6.07, 6.45) is 7.57. The van der Waals surface area contributed by atoms with Gasteiger partial charge in [-0.1, -0.05) is 25.5 Å². The molecule has 2 aliphatic carbocycles. The maximum absolute atomic E-state index is 11.6. The average Bonchev–Trinajstić information content (AvgIpc) is 3.38. The first-order chi connectivity index (χ1) is 10.8. The van der Waals surface area contributed by atoms with Crippen LogP contribution >= 0.6 is 0 Å². The van der Waals surface area contributed by atoms with E-state index >= 15 is 0 Å². The van der Waals surface area contributed by atoms with Crippen molar-refractivity contribution in [3.8, 4) is 5.75 Å². The molecule has 0 aromatic heterocycles. The molecule has 2 saturated carbocycles. The summed E-state index contributed by atoms with van der Waals surface area (Å²) >= 11 is 0. The summed E-state index contributed by atoms with van der Waals surface area (Å²) < 4.78 is 11.5. The van der Waals surface area contributed by atoms with Crippen molar-refractivity contribution in [3.05, 3.63) is 29.8 Å². The van der Waals surface area contributed by atoms with E-state index < -0.39 is 0 Å². The largest absolute Gasteiger partial charge is 0.493 e. The summed E-state index contributed by atoms with van der Waals surface area (Å²) in [5, 5.41) is 0. The molecule has 0 spiro atoms. The van der Waals surface area contributed by atoms with Crippen LogP contribution < -0.4 is 4.74 Å². The minimum Gasteiger partial charge on any atom is -0.493 e. The van der Waals surface area contributed by atoms with E-state index in [4.69, 9.17) is 9.47 Å². The molecule has 0 saturated heterocycles. The standard InChI is InChI=1S/C19H26O3/c1-2-19(20)22-18-6-4-3-5-17(18)15-9-11-16(12-10-15)21-13-14-7-8-14/h9-12,14,17-18H,2-8,13H2,1H3. The lowest BCUT2D eigenvalue weighted by Crippen LogP contribution is -2.28. The van der Waals surface area contributed by atoms with E-state index in [-0.39, 0.29) is 12.1 Å². The second-order valence-corrected chi connectivity index (χ2v) is 6.60. The molecule has 0 amide bonds. The van der Waals surface area contributed by atoms with Crippen molar-refractivity contribution in [3.63, 3.8) is 0 Å². The van der Waals surface area contributed by atoms with Crippen molar-refractivity contribution in [2.75, 3.05) is 6.61 Å². The van der Waals surface area contributed by atoms with E-state index in [2.05, 4.69) is 24.3 Å². The van der Waals surface area contributed by atoms with Crippen LogP contribution in [0.25, 0.3) is 0 Å². The molecular formula is C19H26O3. The molecule has 2 fully saturated rings. The number of hydrogen-bond acceptors (Lipinski definition) is 3. The van der Waals surface area contributed by atoms with Crippen molar-refractivity contribution < 1.29 is 14.3 Å². The van der Waals surface area contributed by atoms with Gasteiger partial charge in [-0.25, -0.2) is 0 Å². The molecule has 3 heteroatoms. The third kappa shape index (κ3) is 4.02. The Bertz CT molecular complexity index is 490. The van der Waals surface area contributed by atoms with Gasteiger partial charge in [0.1, 0.15) is 11.9 Å². The van der Waals surface area contributed by atoms with Gasteiger partial charge >= 0.3 is 5.97 Å². The Morgan fingerprint density at radius 1 is 1.09 bits per heavy atom. The Labute approximate surface area is 133 Å². The zero-order valence-corrected chi connectivity index (χ0v) is 13.4. The molecule has 3 rings (SSSR count). The molecule has 0 heterocycles. The number of esters is 1. The van der Waals surface area contributed by atoms with Crippen LogP contribution in [0.3, 0.4) is 0 Å². The van der Waals surface area contributed by atoms with E-state index in [1.165, 1.54) is 24.8 Å². The van der Waals surface area contributed by atoms with E-state index in [9.17, 15) is 4.79 Å². The zero-order valence-electron chi connectivity index (χ0n) is 13.4. The van der Waals surface area contributed by atoms with Crippen molar-refractivity contribution in [2.45, 2.75) is 63.9 Å². The summed E-state index contributed by atoms with van der Waals surface area (Å²) in [6.45, 7) is 2.70. The van der Waals surface area contributed by atoms with Crippen molar-refractivity contribution in [1.82, 2.24) is 0 Å². The first kappa shape index (κ1) is 15.4. The predicted octanol–water partition coefficient (Wildman–Crippen LogP) is 4.45. The van der Waals surface area contributed by atoms with Gasteiger partial charge in [-0.05, 0) is 55.7 Å². The highest BCUT2D eigenvalue weighted by molar-refractivity contribution is 5.69. The molecule has 3 nitrogen and oxygen atoms in total. The topological polar surface area (TPSA) is 35.5 Å². The van der Waals surface area contributed by atoms with Gasteiger partial charge < -0.3 is 9.47 Å². The van der Waals surface area contributed by atoms with Crippen LogP contribution in [0.15, 0.2) is 24.3 Å². The van der Waals surface area contributed by atoms with Gasteiger partial charge in [0.25, 0.3) is 0 Å². The maximum atomic E-state index is 11.6. The normalized spacial score (nSPS) is 24.8. The average molecular weight is 302 g/mol. The summed E-state index contributed by atoms with van der Waals surface area (Å²) in [4.78, 5) is 11.6. The highest BCUT2D eigenvalue weighted by Crippen LogP contribution is 2.36. The number of ether oxygens (including phenoxy) is 2. The Balaban J connectivity index is 1.62. The molecule has 2 aliphatic rings. The van der Waals surface area contributed by atoms with E-state index in [0.717, 1.165) is 37.5 Å². The molecule has 1 aromatic rings. The van der Waals surface area contributed by atoms with Gasteiger partial charge in [0.15, 0.2) is 0 Å². The van der Waals surface area contributed by atoms with Gasteiger partial charge in [-0.15, -0.1) is 0 Å². The molecule has 1 aromatic carbocycles. The van der Waals surface area contributed by atoms with Gasteiger partial charge in [-0.3, -0.25) is 4.79 Å². The van der Waals surface area contributed by atoms with Gasteiger partial charge in [0.2, 0.25) is 0 Å². The van der Waals surface area contributed by atoms with Gasteiger partial charge in [-0.2, -0.15) is 0 Å². The fourth-order valence-electron chi connectivity index (χ4n) is 3.18. The molecule has 0 N–H and O–H groups in total. The van der Waals surface area contributed by atoms with Crippen LogP contribution in [-0.4, -0.2) is 18.7 Å². The maximum Gasteiger partial charge on any atom is 0.305 e. The smallest absolute Gasteiger partial charge is 0.305 e. The second-order valence-electron chi connectivity index (χ2n) is 6.60. The molecule has 120 valence electrons. The lowest BCUT2D eigenvalue weighted by atomic mass is 9.81. The molecule has 2 unspecified atom stereocenters. The number of benzene rings is 1. The highest BCUT2D eigenvalue weighted by Gasteiger charge is 2.29. The van der Waals surface area contributed by atoms with E-state index in [0.29, 0.717) is 12.3 Å². The lowest BCUT2D eigenvalue weighted by molar-refractivity contribution is -0.151. The Morgan fingerprint density at radius 2 is 1.82 bits per heavy atom. The quantitative estimate of drug-likeness (QED) is 0.728. The highest BCUT2D eigenvalue weighted by atomic mass is 16.5. The van der Waals surface area contributed by atoms with E-state index in [1.54, 1.807) is 0 Å². The minimum atomic E-state index is -0.0821. The SMILES string of the molecule is CCC(=O)OC1CCCCC1c1ccc(OCC2CC2)cc1. The Kier molecular flexibility index (Phi) is 5.01. The third-order valence-electron chi connectivity index (χ3n) is 4.76. The van der Waals surface area contributed by atoms with Gasteiger partial charge in [0.05, 0.1) is 6.61 Å². The van der Waals surface area contributed by atoms with Crippen LogP contribution in [0.1, 0.15) is 63.4 Å². The number of rotatable bonds is 6. The monoisotopic (exact) mass is 302 g/mol. The molecule has 22 heavy (non-hydrogen) atoms. The second kappa shape index (κ2) is 7.17. The van der Waals surface area contributed by atoms with Crippen LogP contribution in [0.4, 0.5) is 0 Å². The summed E-state index contributed by atoms with van der Waals surface area (Å²) in [6, 6.07) is 8.41. The molecule has 2 atom stereocenters. The lowest BCUT2D eigenvalue weighted by Gasteiger charge is -2.31. The van der Waals surface area contributed by atoms with Gasteiger partial charge in [0, 0.05) is 12.3 Å². The number of hydrogen-bond donors (Lipinski definition) is 0. The molecule has 0 aliphatic heterocycles. The van der Waals surface area contributed by atoms with Crippen LogP contribution in [0.2, 0.25) is 0 Å². The van der Waals surface area contributed by atoms with Crippen molar-refractivity contribution >= 4 is 5.97 Å². The number of carbonyl (C=O) groups excluding carboxylic acids is 1. The first-order valence-corrected chi connectivity index (χ1v) is 8.68. The fraction of sp³-hybridized carbons (Fsp3) is 0.632.